The van der Waals surface area contributed by atoms with Crippen LogP contribution in [0.4, 0.5) is 5.00 Å². The molecule has 2 aliphatic carbocycles. The maximum absolute atomic E-state index is 13.2. The molecule has 2 bridgehead atoms. The number of anilines is 1. The first-order valence-electron chi connectivity index (χ1n) is 11.0. The second-order valence-corrected chi connectivity index (χ2v) is 9.10. The van der Waals surface area contributed by atoms with E-state index in [9.17, 15) is 19.5 Å². The molecule has 1 amide bonds. The van der Waals surface area contributed by atoms with Crippen LogP contribution < -0.4 is 15.2 Å². The Morgan fingerprint density at radius 2 is 1.75 bits per heavy atom. The van der Waals surface area contributed by atoms with Crippen molar-refractivity contribution in [3.05, 3.63) is 35.2 Å². The summed E-state index contributed by atoms with van der Waals surface area (Å²) >= 11 is 1.23. The molecule has 0 spiro atoms. The van der Waals surface area contributed by atoms with Gasteiger partial charge in [-0.1, -0.05) is 12.1 Å². The third kappa shape index (κ3) is 4.11. The van der Waals surface area contributed by atoms with E-state index in [2.05, 4.69) is 5.32 Å². The van der Waals surface area contributed by atoms with Crippen LogP contribution in [-0.4, -0.2) is 31.1 Å². The highest BCUT2D eigenvalue weighted by atomic mass is 32.1. The summed E-state index contributed by atoms with van der Waals surface area (Å²) in [7, 11) is 0. The fraction of sp³-hybridized carbons (Fsp3) is 0.458. The fourth-order valence-electron chi connectivity index (χ4n) is 5.17. The van der Waals surface area contributed by atoms with Gasteiger partial charge in [-0.05, 0) is 62.6 Å². The van der Waals surface area contributed by atoms with Gasteiger partial charge < -0.3 is 24.7 Å². The van der Waals surface area contributed by atoms with Crippen molar-refractivity contribution >= 4 is 34.2 Å². The van der Waals surface area contributed by atoms with Crippen LogP contribution in [0.3, 0.4) is 0 Å². The van der Waals surface area contributed by atoms with Crippen molar-refractivity contribution in [2.45, 2.75) is 33.1 Å². The van der Waals surface area contributed by atoms with Crippen LogP contribution in [0.25, 0.3) is 11.1 Å². The second kappa shape index (κ2) is 9.32. The maximum Gasteiger partial charge on any atom is 0.341 e. The summed E-state index contributed by atoms with van der Waals surface area (Å²) in [6, 6.07) is 7.35. The van der Waals surface area contributed by atoms with Crippen molar-refractivity contribution < 1.29 is 29.0 Å². The summed E-state index contributed by atoms with van der Waals surface area (Å²) in [5.41, 5.74) is 1.72. The van der Waals surface area contributed by atoms with E-state index in [1.165, 1.54) is 11.3 Å². The van der Waals surface area contributed by atoms with Crippen LogP contribution >= 0.6 is 11.3 Å². The van der Waals surface area contributed by atoms with Crippen molar-refractivity contribution in [2.75, 3.05) is 18.5 Å². The van der Waals surface area contributed by atoms with E-state index in [1.807, 2.05) is 31.2 Å². The molecule has 8 heteroatoms. The van der Waals surface area contributed by atoms with Crippen molar-refractivity contribution in [2.24, 2.45) is 23.7 Å². The average Bonchev–Trinajstić information content (AvgIpc) is 3.49. The van der Waals surface area contributed by atoms with Crippen molar-refractivity contribution in [1.82, 2.24) is 0 Å². The second-order valence-electron chi connectivity index (χ2n) is 8.22. The Morgan fingerprint density at radius 3 is 2.38 bits per heavy atom. The number of carbonyl (C=O) groups excluding carboxylic acids is 3. The molecule has 4 atom stereocenters. The van der Waals surface area contributed by atoms with Crippen molar-refractivity contribution in [3.8, 4) is 16.9 Å². The van der Waals surface area contributed by atoms with Crippen LogP contribution in [0.15, 0.2) is 29.6 Å². The minimum atomic E-state index is -1.16. The SMILES string of the molecule is CCOC(=O)c1c(-c2ccc(OCC)cc2)csc1NC(=O)[C@H]1[C@@H]2CC[C@@H](C2)[C@@H]1C(=O)[O-]. The highest BCUT2D eigenvalue weighted by Crippen LogP contribution is 2.52. The van der Waals surface area contributed by atoms with Gasteiger partial charge in [0.25, 0.3) is 0 Å². The zero-order valence-electron chi connectivity index (χ0n) is 18.1. The molecule has 0 aliphatic heterocycles. The fourth-order valence-corrected chi connectivity index (χ4v) is 6.13. The summed E-state index contributed by atoms with van der Waals surface area (Å²) in [5.74, 6) is -2.71. The molecule has 2 fully saturated rings. The normalized spacial score (nSPS) is 23.7. The minimum absolute atomic E-state index is 0.00646. The lowest BCUT2D eigenvalue weighted by Gasteiger charge is -2.30. The first-order valence-corrected chi connectivity index (χ1v) is 11.9. The van der Waals surface area contributed by atoms with Gasteiger partial charge in [0.15, 0.2) is 0 Å². The number of amides is 1. The zero-order valence-corrected chi connectivity index (χ0v) is 18.9. The monoisotopic (exact) mass is 456 g/mol. The molecule has 2 saturated carbocycles. The third-order valence-corrected chi connectivity index (χ3v) is 7.37. The molecule has 0 radical (unpaired) electrons. The number of benzene rings is 1. The lowest BCUT2D eigenvalue weighted by atomic mass is 9.79. The average molecular weight is 457 g/mol. The Kier molecular flexibility index (Phi) is 6.50. The first kappa shape index (κ1) is 22.3. The van der Waals surface area contributed by atoms with Gasteiger partial charge >= 0.3 is 5.97 Å². The van der Waals surface area contributed by atoms with Gasteiger partial charge in [-0.3, -0.25) is 4.79 Å². The molecule has 32 heavy (non-hydrogen) atoms. The third-order valence-electron chi connectivity index (χ3n) is 6.47. The molecule has 0 unspecified atom stereocenters. The Morgan fingerprint density at radius 1 is 1.06 bits per heavy atom. The van der Waals surface area contributed by atoms with Crippen LogP contribution in [0, 0.1) is 23.7 Å². The van der Waals surface area contributed by atoms with Gasteiger partial charge in [0.05, 0.1) is 13.2 Å². The summed E-state index contributed by atoms with van der Waals surface area (Å²) in [6.45, 7) is 4.38. The molecule has 1 aromatic carbocycles. The molecule has 1 N–H and O–H groups in total. The van der Waals surface area contributed by atoms with Gasteiger partial charge in [0.1, 0.15) is 16.3 Å². The van der Waals surface area contributed by atoms with Gasteiger partial charge in [-0.15, -0.1) is 11.3 Å². The van der Waals surface area contributed by atoms with E-state index < -0.39 is 23.8 Å². The highest BCUT2D eigenvalue weighted by molar-refractivity contribution is 7.15. The van der Waals surface area contributed by atoms with E-state index >= 15 is 0 Å². The van der Waals surface area contributed by atoms with E-state index in [0.717, 1.165) is 30.6 Å². The predicted octanol–water partition coefficient (Wildman–Crippen LogP) is 3.34. The molecule has 1 heterocycles. The Bertz CT molecular complexity index is 1010. The number of carbonyl (C=O) groups is 3. The maximum atomic E-state index is 13.2. The van der Waals surface area contributed by atoms with Crippen LogP contribution in [-0.2, 0) is 14.3 Å². The molecular weight excluding hydrogens is 430 g/mol. The van der Waals surface area contributed by atoms with Crippen LogP contribution in [0.1, 0.15) is 43.5 Å². The van der Waals surface area contributed by atoms with Crippen LogP contribution in [0.2, 0.25) is 0 Å². The molecule has 4 rings (SSSR count). The number of nitrogens with one attached hydrogen (secondary N) is 1. The number of esters is 1. The highest BCUT2D eigenvalue weighted by Gasteiger charge is 2.51. The number of ether oxygens (including phenoxy) is 2. The van der Waals surface area contributed by atoms with Gasteiger partial charge in [0.2, 0.25) is 5.91 Å². The molecular formula is C24H26NO6S-. The minimum Gasteiger partial charge on any atom is -0.550 e. The Balaban J connectivity index is 1.63. The number of thiophene rings is 1. The number of fused-ring (bicyclic) bond motifs is 2. The summed E-state index contributed by atoms with van der Waals surface area (Å²) in [6.07, 6.45) is 2.41. The summed E-state index contributed by atoms with van der Waals surface area (Å²) in [4.78, 5) is 37.7. The number of hydrogen-bond donors (Lipinski definition) is 1. The lowest BCUT2D eigenvalue weighted by Crippen LogP contribution is -2.44. The number of rotatable bonds is 8. The predicted molar refractivity (Wildman–Crippen MR) is 118 cm³/mol. The topological polar surface area (TPSA) is 105 Å². The Hall–Kier alpha value is -2.87. The molecule has 2 aliphatic rings. The largest absolute Gasteiger partial charge is 0.550 e. The van der Waals surface area contributed by atoms with Crippen molar-refractivity contribution in [1.29, 1.82) is 0 Å². The Labute approximate surface area is 190 Å². The van der Waals surface area contributed by atoms with E-state index in [-0.39, 0.29) is 29.9 Å². The van der Waals surface area contributed by atoms with Gasteiger partial charge in [-0.25, -0.2) is 4.79 Å². The first-order chi connectivity index (χ1) is 15.4. The smallest absolute Gasteiger partial charge is 0.341 e. The lowest BCUT2D eigenvalue weighted by molar-refractivity contribution is -0.314. The molecule has 0 saturated heterocycles. The molecule has 2 aromatic rings. The van der Waals surface area contributed by atoms with Gasteiger partial charge in [0, 0.05) is 28.7 Å². The van der Waals surface area contributed by atoms with Crippen LogP contribution in [0.5, 0.6) is 5.75 Å². The standard InChI is InChI=1S/C24H27NO6S/c1-3-30-16-9-7-13(8-10-16)17-12-32-22(20(17)24(29)31-4-2)25-21(26)18-14-5-6-15(11-14)19(18)23(27)28/h7-10,12,14-15,18-19H,3-6,11H2,1-2H3,(H,25,26)(H,27,28)/p-1/t14-,15+,18+,19+/m1/s1. The number of hydrogen-bond acceptors (Lipinski definition) is 7. The molecule has 7 nitrogen and oxygen atoms in total. The van der Waals surface area contributed by atoms with Gasteiger partial charge in [-0.2, -0.15) is 0 Å². The number of carboxylic acids is 1. The molecule has 170 valence electrons. The van der Waals surface area contributed by atoms with E-state index in [1.54, 1.807) is 12.3 Å². The van der Waals surface area contributed by atoms with Crippen molar-refractivity contribution in [3.63, 3.8) is 0 Å². The quantitative estimate of drug-likeness (QED) is 0.611. The van der Waals surface area contributed by atoms with E-state index in [4.69, 9.17) is 9.47 Å². The molecule has 1 aromatic heterocycles. The number of carboxylic acid groups (broad SMARTS) is 1. The summed E-state index contributed by atoms with van der Waals surface area (Å²) in [5, 5.41) is 16.7. The van der Waals surface area contributed by atoms with E-state index in [0.29, 0.717) is 17.2 Å². The number of aliphatic carboxylic acids is 1. The zero-order chi connectivity index (χ0) is 22.8. The summed E-state index contributed by atoms with van der Waals surface area (Å²) < 4.78 is 10.7.